The van der Waals surface area contributed by atoms with Crippen LogP contribution in [0.5, 0.6) is 0 Å². The molecule has 0 spiro atoms. The second-order valence-electron chi connectivity index (χ2n) is 5.67. The molecule has 2 heterocycles. The monoisotopic (exact) mass is 296 g/mol. The van der Waals surface area contributed by atoms with Crippen LogP contribution in [-0.2, 0) is 11.2 Å². The summed E-state index contributed by atoms with van der Waals surface area (Å²) in [5.41, 5.74) is 2.19. The van der Waals surface area contributed by atoms with Crippen molar-refractivity contribution in [2.75, 3.05) is 23.3 Å². The van der Waals surface area contributed by atoms with Gasteiger partial charge in [-0.2, -0.15) is 0 Å². The van der Waals surface area contributed by atoms with Crippen LogP contribution >= 0.6 is 0 Å². The zero-order chi connectivity index (χ0) is 15.4. The van der Waals surface area contributed by atoms with Crippen molar-refractivity contribution in [1.29, 1.82) is 0 Å². The lowest BCUT2D eigenvalue weighted by molar-refractivity contribution is -0.115. The number of benzene rings is 1. The molecular formula is C17H20N4O. The van der Waals surface area contributed by atoms with Crippen LogP contribution in [0.4, 0.5) is 11.6 Å². The van der Waals surface area contributed by atoms with Crippen LogP contribution in [0.1, 0.15) is 24.0 Å². The smallest absolute Gasteiger partial charge is 0.229 e. The van der Waals surface area contributed by atoms with Crippen molar-refractivity contribution in [2.24, 2.45) is 0 Å². The van der Waals surface area contributed by atoms with E-state index in [4.69, 9.17) is 0 Å². The highest BCUT2D eigenvalue weighted by Crippen LogP contribution is 2.19. The number of carbonyl (C=O) groups excluding carboxylic acids is 1. The predicted molar refractivity (Wildman–Crippen MR) is 87.0 cm³/mol. The van der Waals surface area contributed by atoms with Gasteiger partial charge in [-0.15, -0.1) is 0 Å². The summed E-state index contributed by atoms with van der Waals surface area (Å²) in [7, 11) is 0. The lowest BCUT2D eigenvalue weighted by atomic mass is 10.1. The van der Waals surface area contributed by atoms with Crippen LogP contribution in [0.3, 0.4) is 0 Å². The summed E-state index contributed by atoms with van der Waals surface area (Å²) in [4.78, 5) is 22.8. The molecule has 0 aliphatic carbocycles. The number of nitrogens with one attached hydrogen (secondary N) is 1. The van der Waals surface area contributed by atoms with Gasteiger partial charge in [-0.3, -0.25) is 4.79 Å². The van der Waals surface area contributed by atoms with Crippen LogP contribution in [-0.4, -0.2) is 29.0 Å². The molecule has 1 aliphatic rings. The maximum absolute atomic E-state index is 12.1. The molecule has 0 atom stereocenters. The number of aryl methyl sites for hydroxylation is 1. The van der Waals surface area contributed by atoms with E-state index in [9.17, 15) is 4.79 Å². The fraction of sp³-hybridized carbons (Fsp3) is 0.353. The summed E-state index contributed by atoms with van der Waals surface area (Å²) in [6.45, 7) is 4.08. The number of amides is 1. The van der Waals surface area contributed by atoms with Gasteiger partial charge < -0.3 is 10.2 Å². The van der Waals surface area contributed by atoms with E-state index in [0.717, 1.165) is 24.5 Å². The highest BCUT2D eigenvalue weighted by Gasteiger charge is 2.14. The normalized spacial score (nSPS) is 14.1. The van der Waals surface area contributed by atoms with Crippen molar-refractivity contribution >= 4 is 17.5 Å². The molecule has 0 saturated carbocycles. The number of rotatable bonds is 4. The average molecular weight is 296 g/mol. The molecule has 2 aromatic rings. The lowest BCUT2D eigenvalue weighted by Crippen LogP contribution is -2.20. The van der Waals surface area contributed by atoms with Crippen molar-refractivity contribution in [3.8, 4) is 0 Å². The topological polar surface area (TPSA) is 58.1 Å². The fourth-order valence-electron chi connectivity index (χ4n) is 2.61. The molecule has 0 bridgehead atoms. The Hall–Kier alpha value is -2.43. The summed E-state index contributed by atoms with van der Waals surface area (Å²) in [6.07, 6.45) is 4.25. The molecule has 1 aliphatic heterocycles. The van der Waals surface area contributed by atoms with E-state index in [0.29, 0.717) is 12.2 Å². The lowest BCUT2D eigenvalue weighted by Gasteiger charge is -2.16. The van der Waals surface area contributed by atoms with Crippen molar-refractivity contribution in [2.45, 2.75) is 26.2 Å². The van der Waals surface area contributed by atoms with Crippen molar-refractivity contribution in [3.63, 3.8) is 0 Å². The van der Waals surface area contributed by atoms with E-state index in [1.54, 1.807) is 0 Å². The highest BCUT2D eigenvalue weighted by atomic mass is 16.1. The molecule has 0 radical (unpaired) electrons. The summed E-state index contributed by atoms with van der Waals surface area (Å²) in [6, 6.07) is 9.82. The van der Waals surface area contributed by atoms with Crippen LogP contribution in [0.15, 0.2) is 36.7 Å². The van der Waals surface area contributed by atoms with Gasteiger partial charge in [0.25, 0.3) is 0 Å². The molecule has 1 amide bonds. The molecule has 1 N–H and O–H groups in total. The minimum atomic E-state index is -0.0603. The fourth-order valence-corrected chi connectivity index (χ4v) is 2.61. The number of hydrogen-bond acceptors (Lipinski definition) is 4. The average Bonchev–Trinajstić information content (AvgIpc) is 3.04. The molecular weight excluding hydrogens is 276 g/mol. The molecule has 1 aromatic heterocycles. The van der Waals surface area contributed by atoms with Gasteiger partial charge in [0, 0.05) is 19.2 Å². The number of carbonyl (C=O) groups is 1. The van der Waals surface area contributed by atoms with Gasteiger partial charge >= 0.3 is 0 Å². The summed E-state index contributed by atoms with van der Waals surface area (Å²) in [5.74, 6) is 1.39. The second-order valence-corrected chi connectivity index (χ2v) is 5.67. The van der Waals surface area contributed by atoms with Gasteiger partial charge in [0.1, 0.15) is 18.0 Å². The van der Waals surface area contributed by atoms with E-state index in [1.807, 2.05) is 37.3 Å². The summed E-state index contributed by atoms with van der Waals surface area (Å²) < 4.78 is 0. The van der Waals surface area contributed by atoms with Gasteiger partial charge in [-0.25, -0.2) is 9.97 Å². The van der Waals surface area contributed by atoms with Gasteiger partial charge in [-0.1, -0.05) is 29.8 Å². The van der Waals surface area contributed by atoms with Crippen LogP contribution in [0, 0.1) is 6.92 Å². The number of aromatic nitrogens is 2. The maximum atomic E-state index is 12.1. The first-order valence-electron chi connectivity index (χ1n) is 7.63. The van der Waals surface area contributed by atoms with E-state index in [2.05, 4.69) is 20.2 Å². The largest absolute Gasteiger partial charge is 0.356 e. The first-order valence-corrected chi connectivity index (χ1v) is 7.63. The van der Waals surface area contributed by atoms with Gasteiger partial charge in [0.15, 0.2) is 0 Å². The molecule has 3 rings (SSSR count). The zero-order valence-corrected chi connectivity index (χ0v) is 12.7. The quantitative estimate of drug-likeness (QED) is 0.942. The van der Waals surface area contributed by atoms with Crippen molar-refractivity contribution in [1.82, 2.24) is 9.97 Å². The van der Waals surface area contributed by atoms with E-state index < -0.39 is 0 Å². The maximum Gasteiger partial charge on any atom is 0.229 e. The Kier molecular flexibility index (Phi) is 4.32. The molecule has 114 valence electrons. The third-order valence-electron chi connectivity index (χ3n) is 3.84. The Bertz CT molecular complexity index is 648. The second kappa shape index (κ2) is 6.56. The molecule has 22 heavy (non-hydrogen) atoms. The van der Waals surface area contributed by atoms with Crippen molar-refractivity contribution in [3.05, 3.63) is 47.8 Å². The molecule has 1 fully saturated rings. The van der Waals surface area contributed by atoms with Crippen LogP contribution in [0.25, 0.3) is 0 Å². The molecule has 5 nitrogen and oxygen atoms in total. The number of hydrogen-bond donors (Lipinski definition) is 1. The van der Waals surface area contributed by atoms with Gasteiger partial charge in [0.2, 0.25) is 5.91 Å². The number of nitrogens with zero attached hydrogens (tertiary/aromatic N) is 3. The highest BCUT2D eigenvalue weighted by molar-refractivity contribution is 5.91. The Balaban J connectivity index is 1.63. The van der Waals surface area contributed by atoms with E-state index >= 15 is 0 Å². The zero-order valence-electron chi connectivity index (χ0n) is 12.7. The van der Waals surface area contributed by atoms with E-state index in [1.165, 1.54) is 24.7 Å². The third-order valence-corrected chi connectivity index (χ3v) is 3.84. The SMILES string of the molecule is Cc1ccc(CC(=O)Nc2cc(N3CCCC3)ncn2)cc1. The minimum Gasteiger partial charge on any atom is -0.356 e. The Morgan fingerprint density at radius 3 is 2.64 bits per heavy atom. The standard InChI is InChI=1S/C17H20N4O/c1-13-4-6-14(7-5-13)10-17(22)20-15-11-16(19-12-18-15)21-8-2-3-9-21/h4-7,11-12H,2-3,8-10H2,1H3,(H,18,19,20,22). The van der Waals surface area contributed by atoms with Gasteiger partial charge in [0.05, 0.1) is 6.42 Å². The first-order chi connectivity index (χ1) is 10.7. The molecule has 1 saturated heterocycles. The Labute approximate surface area is 130 Å². The van der Waals surface area contributed by atoms with E-state index in [-0.39, 0.29) is 5.91 Å². The van der Waals surface area contributed by atoms with Crippen LogP contribution < -0.4 is 10.2 Å². The first kappa shape index (κ1) is 14.5. The Morgan fingerprint density at radius 2 is 1.91 bits per heavy atom. The number of anilines is 2. The third kappa shape index (κ3) is 3.61. The summed E-state index contributed by atoms with van der Waals surface area (Å²) >= 11 is 0. The Morgan fingerprint density at radius 1 is 1.18 bits per heavy atom. The van der Waals surface area contributed by atoms with Crippen LogP contribution in [0.2, 0.25) is 0 Å². The minimum absolute atomic E-state index is 0.0603. The molecule has 1 aromatic carbocycles. The van der Waals surface area contributed by atoms with Gasteiger partial charge in [-0.05, 0) is 25.3 Å². The predicted octanol–water partition coefficient (Wildman–Crippen LogP) is 2.57. The molecule has 5 heteroatoms. The summed E-state index contributed by atoms with van der Waals surface area (Å²) in [5, 5.41) is 2.85. The van der Waals surface area contributed by atoms with Crippen molar-refractivity contribution < 1.29 is 4.79 Å². The molecule has 0 unspecified atom stereocenters.